The van der Waals surface area contributed by atoms with Crippen LogP contribution in [0.25, 0.3) is 22.2 Å². The van der Waals surface area contributed by atoms with E-state index in [1.807, 2.05) is 31.2 Å². The molecule has 1 amide bonds. The van der Waals surface area contributed by atoms with Gasteiger partial charge in [-0.2, -0.15) is 23.1 Å². The topological polar surface area (TPSA) is 154 Å². The van der Waals surface area contributed by atoms with Crippen LogP contribution in [-0.2, 0) is 24.0 Å². The smallest absolute Gasteiger partial charge is 0.418 e. The van der Waals surface area contributed by atoms with Crippen molar-refractivity contribution < 1.29 is 51.1 Å². The van der Waals surface area contributed by atoms with Crippen molar-refractivity contribution in [1.29, 1.82) is 0 Å². The number of amides is 1. The summed E-state index contributed by atoms with van der Waals surface area (Å²) in [6, 6.07) is 18.2. The fraction of sp³-hybridized carbons (Fsp3) is 0.354. The molecule has 1 saturated heterocycles. The summed E-state index contributed by atoms with van der Waals surface area (Å²) < 4.78 is 93.2. The Hall–Kier alpha value is -6.66. The lowest BCUT2D eigenvalue weighted by Gasteiger charge is -2.33. The summed E-state index contributed by atoms with van der Waals surface area (Å²) >= 11 is 7.16. The molecule has 352 valence electrons. The van der Waals surface area contributed by atoms with Crippen molar-refractivity contribution in [2.75, 3.05) is 62.3 Å². The SMILES string of the molecule is COc1ccc(CN(Cc2ccc(OC)cc2)c2cc(C)c(C(F)(F)F)c(-c3c(Cl)c4c5c(nc(OCC6(C)CCOCC6)nc5c3F)N([C@H](C)c3cccnc3NC(=O)O)CCO4)n2)cc1. The summed E-state index contributed by atoms with van der Waals surface area (Å²) in [6.07, 6.45) is -3.60. The van der Waals surface area contributed by atoms with Gasteiger partial charge in [0.2, 0.25) is 0 Å². The third-order valence-corrected chi connectivity index (χ3v) is 12.5. The number of aryl methyl sites for hydroxylation is 1. The molecule has 5 heterocycles. The zero-order valence-corrected chi connectivity index (χ0v) is 38.1. The number of anilines is 3. The maximum absolute atomic E-state index is 18.0. The molecule has 0 saturated carbocycles. The minimum absolute atomic E-state index is 0.0288. The Labute approximate surface area is 388 Å². The van der Waals surface area contributed by atoms with Gasteiger partial charge < -0.3 is 38.6 Å². The highest BCUT2D eigenvalue weighted by Gasteiger charge is 2.41. The zero-order chi connectivity index (χ0) is 47.6. The highest BCUT2D eigenvalue weighted by molar-refractivity contribution is 6.36. The van der Waals surface area contributed by atoms with Gasteiger partial charge >= 0.3 is 18.3 Å². The van der Waals surface area contributed by atoms with Crippen molar-refractivity contribution in [2.24, 2.45) is 5.41 Å². The van der Waals surface area contributed by atoms with Crippen LogP contribution in [0.2, 0.25) is 5.02 Å². The van der Waals surface area contributed by atoms with E-state index in [4.69, 9.17) is 40.3 Å². The first-order valence-electron chi connectivity index (χ1n) is 21.4. The second-order valence-electron chi connectivity index (χ2n) is 16.8. The highest BCUT2D eigenvalue weighted by Crippen LogP contribution is 2.51. The van der Waals surface area contributed by atoms with Crippen molar-refractivity contribution in [2.45, 2.75) is 58.9 Å². The number of ether oxygens (including phenoxy) is 5. The first kappa shape index (κ1) is 46.9. The highest BCUT2D eigenvalue weighted by atomic mass is 35.5. The van der Waals surface area contributed by atoms with Crippen LogP contribution in [0.1, 0.15) is 60.5 Å². The van der Waals surface area contributed by atoms with Crippen LogP contribution in [0.3, 0.4) is 0 Å². The van der Waals surface area contributed by atoms with Crippen LogP contribution in [0.5, 0.6) is 23.3 Å². The van der Waals surface area contributed by atoms with E-state index in [0.717, 1.165) is 11.1 Å². The van der Waals surface area contributed by atoms with Gasteiger partial charge in [-0.3, -0.25) is 5.32 Å². The molecule has 0 unspecified atom stereocenters. The molecular weight excluding hydrogens is 898 g/mol. The van der Waals surface area contributed by atoms with Crippen molar-refractivity contribution in [1.82, 2.24) is 19.9 Å². The van der Waals surface area contributed by atoms with E-state index in [2.05, 4.69) is 20.3 Å². The van der Waals surface area contributed by atoms with Gasteiger partial charge in [0.1, 0.15) is 41.1 Å². The number of hydrogen-bond donors (Lipinski definition) is 2. The summed E-state index contributed by atoms with van der Waals surface area (Å²) in [5.41, 5.74) is -1.62. The fourth-order valence-electron chi connectivity index (χ4n) is 8.43. The number of methoxy groups -OCH3 is 2. The van der Waals surface area contributed by atoms with Gasteiger partial charge in [0, 0.05) is 43.5 Å². The average molecular weight is 946 g/mol. The maximum atomic E-state index is 18.0. The zero-order valence-electron chi connectivity index (χ0n) is 37.3. The number of halogens is 5. The molecule has 14 nitrogen and oxygen atoms in total. The number of nitrogens with zero attached hydrogens (tertiary/aromatic N) is 6. The Kier molecular flexibility index (Phi) is 13.5. The number of hydrogen-bond acceptors (Lipinski definition) is 12. The van der Waals surface area contributed by atoms with Crippen molar-refractivity contribution >= 4 is 46.1 Å². The molecular formula is C48H48ClF4N7O7. The molecule has 8 rings (SSSR count). The number of aromatic nitrogens is 4. The van der Waals surface area contributed by atoms with Gasteiger partial charge in [0.15, 0.2) is 11.6 Å². The van der Waals surface area contributed by atoms with Gasteiger partial charge in [-0.15, -0.1) is 0 Å². The predicted molar refractivity (Wildman–Crippen MR) is 244 cm³/mol. The number of pyridine rings is 2. The van der Waals surface area contributed by atoms with E-state index in [1.165, 1.54) is 19.2 Å². The molecule has 3 aromatic carbocycles. The Bertz CT molecular complexity index is 2730. The molecule has 67 heavy (non-hydrogen) atoms. The molecule has 2 aliphatic rings. The predicted octanol–water partition coefficient (Wildman–Crippen LogP) is 10.7. The minimum atomic E-state index is -5.02. The van der Waals surface area contributed by atoms with Gasteiger partial charge in [-0.05, 0) is 79.8 Å². The molecule has 0 aliphatic carbocycles. The summed E-state index contributed by atoms with van der Waals surface area (Å²) in [4.78, 5) is 33.6. The first-order chi connectivity index (χ1) is 32.1. The lowest BCUT2D eigenvalue weighted by Crippen LogP contribution is -2.33. The Morgan fingerprint density at radius 2 is 1.63 bits per heavy atom. The van der Waals surface area contributed by atoms with E-state index in [1.54, 1.807) is 67.3 Å². The molecule has 2 N–H and O–H groups in total. The Morgan fingerprint density at radius 3 is 2.22 bits per heavy atom. The number of nitrogens with one attached hydrogen (secondary N) is 1. The van der Waals surface area contributed by atoms with Crippen LogP contribution in [-0.4, -0.2) is 78.3 Å². The quantitative estimate of drug-likeness (QED) is 0.0997. The average Bonchev–Trinajstić information content (AvgIpc) is 3.50. The summed E-state index contributed by atoms with van der Waals surface area (Å²) in [5.74, 6) is 0.106. The molecule has 19 heteroatoms. The van der Waals surface area contributed by atoms with Crippen LogP contribution in [0, 0.1) is 18.2 Å². The van der Waals surface area contributed by atoms with Crippen LogP contribution >= 0.6 is 11.6 Å². The summed E-state index contributed by atoms with van der Waals surface area (Å²) in [7, 11) is 3.09. The van der Waals surface area contributed by atoms with E-state index >= 15 is 17.6 Å². The molecule has 0 radical (unpaired) electrons. The third kappa shape index (κ3) is 9.91. The van der Waals surface area contributed by atoms with Crippen LogP contribution in [0.15, 0.2) is 72.9 Å². The van der Waals surface area contributed by atoms with Gasteiger partial charge in [0.25, 0.3) is 0 Å². The van der Waals surface area contributed by atoms with E-state index in [0.29, 0.717) is 43.1 Å². The second-order valence-corrected chi connectivity index (χ2v) is 17.1. The number of carbonyl (C=O) groups is 1. The van der Waals surface area contributed by atoms with Crippen LogP contribution < -0.4 is 34.1 Å². The van der Waals surface area contributed by atoms with Gasteiger partial charge in [0.05, 0.1) is 60.6 Å². The molecule has 2 aliphatic heterocycles. The van der Waals surface area contributed by atoms with E-state index in [-0.39, 0.29) is 78.4 Å². The number of carboxylic acid groups (broad SMARTS) is 1. The third-order valence-electron chi connectivity index (χ3n) is 12.1. The molecule has 1 fully saturated rings. The molecule has 3 aromatic heterocycles. The number of rotatable bonds is 14. The molecule has 6 aromatic rings. The van der Waals surface area contributed by atoms with E-state index < -0.39 is 51.5 Å². The monoisotopic (exact) mass is 945 g/mol. The van der Waals surface area contributed by atoms with Crippen molar-refractivity contribution in [3.8, 4) is 34.5 Å². The second kappa shape index (κ2) is 19.3. The summed E-state index contributed by atoms with van der Waals surface area (Å²) in [6.45, 7) is 6.58. The minimum Gasteiger partial charge on any atom is -0.497 e. The largest absolute Gasteiger partial charge is 0.497 e. The standard InChI is InChI=1S/C48H48ClF4N7O7/c1-27-23-34(59(24-29-8-12-31(63-4)13-9-29)25-30-10-14-32(64-5)15-11-30)55-40(37(27)48(51,52)53)35-38(49)42-36-41(39(35)50)56-45(67-26-47(3)16-20-65-21-17-47)58-44(36)60(19-22-66-42)28(2)33-7-6-18-54-43(33)57-46(61)62/h6-15,18,23,28H,16-17,19-22,24-26H2,1-5H3,(H,54,57)(H,61,62)/t28-/m1/s1. The van der Waals surface area contributed by atoms with Crippen molar-refractivity contribution in [3.63, 3.8) is 0 Å². The van der Waals surface area contributed by atoms with Crippen molar-refractivity contribution in [3.05, 3.63) is 112 Å². The summed E-state index contributed by atoms with van der Waals surface area (Å²) in [5, 5.41) is 11.4. The van der Waals surface area contributed by atoms with Gasteiger partial charge in [-0.1, -0.05) is 48.9 Å². The molecule has 0 bridgehead atoms. The van der Waals surface area contributed by atoms with Crippen LogP contribution in [0.4, 0.5) is 39.8 Å². The first-order valence-corrected chi connectivity index (χ1v) is 21.8. The fourth-order valence-corrected chi connectivity index (χ4v) is 8.75. The maximum Gasteiger partial charge on any atom is 0.418 e. The Balaban J connectivity index is 1.33. The normalized spacial score (nSPS) is 15.0. The number of benzene rings is 3. The molecule has 1 atom stereocenters. The molecule has 0 spiro atoms. The van der Waals surface area contributed by atoms with E-state index in [9.17, 15) is 9.90 Å². The van der Waals surface area contributed by atoms with Gasteiger partial charge in [-0.25, -0.2) is 19.2 Å². The lowest BCUT2D eigenvalue weighted by molar-refractivity contribution is -0.137. The Morgan fingerprint density at radius 1 is 0.985 bits per heavy atom. The lowest BCUT2D eigenvalue weighted by atomic mass is 9.83. The number of alkyl halides is 3.